The van der Waals surface area contributed by atoms with Crippen molar-refractivity contribution in [1.82, 2.24) is 15.6 Å². The standard InChI is InChI=1S/C16H26N4OS/c1-4-17-16(20-13-9-12-5-6-14(13)21-12)18-8-7-15-10(2)19-11(3)22-15/h12-14H,4-9H2,1-3H3,(H2,17,18,20). The van der Waals surface area contributed by atoms with E-state index in [4.69, 9.17) is 9.73 Å². The Balaban J connectivity index is 1.55. The maximum absolute atomic E-state index is 5.90. The molecule has 2 N–H and O–H groups in total. The van der Waals surface area contributed by atoms with Crippen molar-refractivity contribution in [3.05, 3.63) is 15.6 Å². The van der Waals surface area contributed by atoms with Crippen LogP contribution < -0.4 is 10.6 Å². The van der Waals surface area contributed by atoms with Gasteiger partial charge in [0.25, 0.3) is 0 Å². The summed E-state index contributed by atoms with van der Waals surface area (Å²) in [5.41, 5.74) is 1.15. The molecule has 1 aromatic heterocycles. The first-order chi connectivity index (χ1) is 10.7. The second kappa shape index (κ2) is 6.96. The molecule has 2 bridgehead atoms. The van der Waals surface area contributed by atoms with Crippen LogP contribution >= 0.6 is 11.3 Å². The molecule has 3 heterocycles. The second-order valence-electron chi connectivity index (χ2n) is 6.11. The third-order valence-electron chi connectivity index (χ3n) is 4.38. The Morgan fingerprint density at radius 1 is 1.41 bits per heavy atom. The first-order valence-corrected chi connectivity index (χ1v) is 9.10. The van der Waals surface area contributed by atoms with Crippen molar-refractivity contribution in [3.63, 3.8) is 0 Å². The van der Waals surface area contributed by atoms with Crippen LogP contribution in [0, 0.1) is 13.8 Å². The molecule has 0 saturated carbocycles. The predicted octanol–water partition coefficient (Wildman–Crippen LogP) is 2.18. The zero-order chi connectivity index (χ0) is 15.5. The number of thiazole rings is 1. The van der Waals surface area contributed by atoms with Gasteiger partial charge in [0.1, 0.15) is 0 Å². The summed E-state index contributed by atoms with van der Waals surface area (Å²) in [4.78, 5) is 10.5. The minimum atomic E-state index is 0.375. The molecule has 5 nitrogen and oxygen atoms in total. The van der Waals surface area contributed by atoms with Crippen molar-refractivity contribution in [3.8, 4) is 0 Å². The van der Waals surface area contributed by atoms with Crippen LogP contribution in [0.25, 0.3) is 0 Å². The summed E-state index contributed by atoms with van der Waals surface area (Å²) in [6, 6.07) is 0.420. The third kappa shape index (κ3) is 3.60. The summed E-state index contributed by atoms with van der Waals surface area (Å²) in [6.07, 6.45) is 5.32. The summed E-state index contributed by atoms with van der Waals surface area (Å²) in [5, 5.41) is 8.04. The predicted molar refractivity (Wildman–Crippen MR) is 90.7 cm³/mol. The van der Waals surface area contributed by atoms with Crippen molar-refractivity contribution >= 4 is 17.3 Å². The van der Waals surface area contributed by atoms with Gasteiger partial charge < -0.3 is 15.4 Å². The molecule has 0 aliphatic carbocycles. The van der Waals surface area contributed by atoms with E-state index in [1.54, 1.807) is 11.3 Å². The van der Waals surface area contributed by atoms with E-state index in [9.17, 15) is 0 Å². The van der Waals surface area contributed by atoms with Gasteiger partial charge in [0.05, 0.1) is 29.0 Å². The molecule has 2 aliphatic rings. The van der Waals surface area contributed by atoms with Gasteiger partial charge in [0, 0.05) is 24.4 Å². The summed E-state index contributed by atoms with van der Waals surface area (Å²) in [7, 11) is 0. The highest BCUT2D eigenvalue weighted by molar-refractivity contribution is 7.11. The molecule has 6 heteroatoms. The maximum Gasteiger partial charge on any atom is 0.191 e. The monoisotopic (exact) mass is 322 g/mol. The topological polar surface area (TPSA) is 58.5 Å². The van der Waals surface area contributed by atoms with Crippen molar-refractivity contribution in [1.29, 1.82) is 0 Å². The van der Waals surface area contributed by atoms with Crippen LogP contribution in [0.3, 0.4) is 0 Å². The van der Waals surface area contributed by atoms with Crippen LogP contribution in [0.2, 0.25) is 0 Å². The van der Waals surface area contributed by atoms with Gasteiger partial charge in [0.15, 0.2) is 5.96 Å². The number of guanidine groups is 1. The van der Waals surface area contributed by atoms with Crippen LogP contribution in [-0.4, -0.2) is 42.3 Å². The van der Waals surface area contributed by atoms with Gasteiger partial charge in [-0.3, -0.25) is 4.99 Å². The van der Waals surface area contributed by atoms with Crippen LogP contribution in [-0.2, 0) is 11.2 Å². The van der Waals surface area contributed by atoms with E-state index in [1.807, 2.05) is 0 Å². The number of nitrogens with one attached hydrogen (secondary N) is 2. The van der Waals surface area contributed by atoms with Crippen LogP contribution in [0.4, 0.5) is 0 Å². The van der Waals surface area contributed by atoms with E-state index < -0.39 is 0 Å². The molecule has 0 amide bonds. The van der Waals surface area contributed by atoms with Crippen molar-refractivity contribution in [2.75, 3.05) is 13.1 Å². The largest absolute Gasteiger partial charge is 0.373 e. The number of rotatable bonds is 5. The number of aryl methyl sites for hydroxylation is 2. The molecule has 3 unspecified atom stereocenters. The Hall–Kier alpha value is -1.14. The van der Waals surface area contributed by atoms with E-state index in [0.29, 0.717) is 18.2 Å². The molecule has 3 atom stereocenters. The lowest BCUT2D eigenvalue weighted by Gasteiger charge is -2.22. The van der Waals surface area contributed by atoms with Gasteiger partial charge in [-0.1, -0.05) is 0 Å². The van der Waals surface area contributed by atoms with Gasteiger partial charge in [-0.15, -0.1) is 11.3 Å². The smallest absolute Gasteiger partial charge is 0.191 e. The Bertz CT molecular complexity index is 542. The van der Waals surface area contributed by atoms with E-state index in [2.05, 4.69) is 36.4 Å². The zero-order valence-electron chi connectivity index (χ0n) is 13.7. The molecule has 3 rings (SSSR count). The van der Waals surface area contributed by atoms with Crippen molar-refractivity contribution < 1.29 is 4.74 Å². The van der Waals surface area contributed by atoms with Gasteiger partial charge in [-0.2, -0.15) is 0 Å². The van der Waals surface area contributed by atoms with Crippen LogP contribution in [0.5, 0.6) is 0 Å². The number of nitrogens with zero attached hydrogens (tertiary/aromatic N) is 2. The first kappa shape index (κ1) is 15.7. The molecule has 1 aromatic rings. The average Bonchev–Trinajstić information content (AvgIpc) is 3.15. The van der Waals surface area contributed by atoms with E-state index >= 15 is 0 Å². The molecule has 0 radical (unpaired) electrons. The quantitative estimate of drug-likeness (QED) is 0.644. The van der Waals surface area contributed by atoms with Gasteiger partial charge >= 0.3 is 0 Å². The third-order valence-corrected chi connectivity index (χ3v) is 5.51. The average molecular weight is 322 g/mol. The zero-order valence-corrected chi connectivity index (χ0v) is 14.5. The summed E-state index contributed by atoms with van der Waals surface area (Å²) in [6.45, 7) is 7.92. The van der Waals surface area contributed by atoms with E-state index in [-0.39, 0.29) is 0 Å². The highest BCUT2D eigenvalue weighted by Gasteiger charge is 2.41. The number of ether oxygens (including phenoxy) is 1. The minimum Gasteiger partial charge on any atom is -0.373 e. The molecule has 0 aromatic carbocycles. The lowest BCUT2D eigenvalue weighted by atomic mass is 9.96. The van der Waals surface area contributed by atoms with E-state index in [1.165, 1.54) is 17.7 Å². The molecule has 22 heavy (non-hydrogen) atoms. The van der Waals surface area contributed by atoms with Gasteiger partial charge in [-0.05, 0) is 40.0 Å². The van der Waals surface area contributed by atoms with Gasteiger partial charge in [-0.25, -0.2) is 4.98 Å². The van der Waals surface area contributed by atoms with Crippen molar-refractivity contribution in [2.45, 2.75) is 64.7 Å². The fourth-order valence-electron chi connectivity index (χ4n) is 3.36. The number of fused-ring (bicyclic) bond motifs is 2. The number of aromatic nitrogens is 1. The van der Waals surface area contributed by atoms with E-state index in [0.717, 1.165) is 42.6 Å². The highest BCUT2D eigenvalue weighted by Crippen LogP contribution is 2.34. The Kier molecular flexibility index (Phi) is 4.98. The number of aliphatic imine (C=N–C) groups is 1. The normalized spacial score (nSPS) is 27.4. The lowest BCUT2D eigenvalue weighted by Crippen LogP contribution is -2.47. The Morgan fingerprint density at radius 2 is 2.27 bits per heavy atom. The van der Waals surface area contributed by atoms with Crippen LogP contribution in [0.1, 0.15) is 41.8 Å². The molecule has 2 saturated heterocycles. The minimum absolute atomic E-state index is 0.375. The summed E-state index contributed by atoms with van der Waals surface area (Å²) < 4.78 is 5.90. The highest BCUT2D eigenvalue weighted by atomic mass is 32.1. The molecule has 0 spiro atoms. The SMILES string of the molecule is CCNC(=NCCc1sc(C)nc1C)NC1CC2CCC1O2. The Morgan fingerprint density at radius 3 is 2.86 bits per heavy atom. The molecule has 2 aliphatic heterocycles. The summed E-state index contributed by atoms with van der Waals surface area (Å²) in [5.74, 6) is 0.919. The first-order valence-electron chi connectivity index (χ1n) is 8.29. The van der Waals surface area contributed by atoms with Crippen molar-refractivity contribution in [2.24, 2.45) is 4.99 Å². The number of hydrogen-bond acceptors (Lipinski definition) is 4. The Labute approximate surface area is 136 Å². The molecular formula is C16H26N4OS. The fraction of sp³-hybridized carbons (Fsp3) is 0.750. The second-order valence-corrected chi connectivity index (χ2v) is 7.40. The van der Waals surface area contributed by atoms with Gasteiger partial charge in [0.2, 0.25) is 0 Å². The lowest BCUT2D eigenvalue weighted by molar-refractivity contribution is 0.0992. The summed E-state index contributed by atoms with van der Waals surface area (Å²) >= 11 is 1.78. The maximum atomic E-state index is 5.90. The fourth-order valence-corrected chi connectivity index (χ4v) is 4.29. The molecule has 122 valence electrons. The number of hydrogen-bond donors (Lipinski definition) is 2. The van der Waals surface area contributed by atoms with Crippen LogP contribution in [0.15, 0.2) is 4.99 Å². The molecule has 2 fully saturated rings. The molecular weight excluding hydrogens is 296 g/mol.